The molecule has 0 amide bonds. The summed E-state index contributed by atoms with van der Waals surface area (Å²) in [6.45, 7) is 43.9. The van der Waals surface area contributed by atoms with Crippen LogP contribution in [0.1, 0.15) is 38.5 Å². The van der Waals surface area contributed by atoms with Crippen LogP contribution in [-0.4, -0.2) is 354 Å². The number of piperazine rings is 5. The maximum atomic E-state index is 5.51. The van der Waals surface area contributed by atoms with E-state index in [9.17, 15) is 0 Å². The molecule has 7 heterocycles. The molecule has 0 aliphatic carbocycles. The maximum Gasteiger partial charge on any atom is 0.0594 e. The van der Waals surface area contributed by atoms with Crippen LogP contribution >= 0.6 is 0 Å². The van der Waals surface area contributed by atoms with Gasteiger partial charge in [-0.3, -0.25) is 14.7 Å². The number of rotatable bonds is 19. The van der Waals surface area contributed by atoms with Gasteiger partial charge in [0.2, 0.25) is 0 Å². The van der Waals surface area contributed by atoms with Crippen molar-refractivity contribution in [1.82, 2.24) is 80.9 Å². The second kappa shape index (κ2) is 50.1. The largest absolute Gasteiger partial charge is 0.379 e. The molecule has 71 heavy (non-hydrogen) atoms. The molecule has 10 N–H and O–H groups in total. The Hall–Kier alpha value is -0.760. The van der Waals surface area contributed by atoms with Gasteiger partial charge in [-0.25, -0.2) is 0 Å². The Labute approximate surface area is 439 Å². The Kier molecular flexibility index (Phi) is 48.1. The monoisotopic (exact) mass is 1020 g/mol. The molecule has 0 aromatic rings. The van der Waals surface area contributed by atoms with Crippen molar-refractivity contribution in [1.29, 1.82) is 0 Å². The van der Waals surface area contributed by atoms with Crippen molar-refractivity contribution in [3.05, 3.63) is 0 Å². The van der Waals surface area contributed by atoms with Gasteiger partial charge in [-0.2, -0.15) is 0 Å². The molecule has 7 saturated heterocycles. The first-order valence-corrected chi connectivity index (χ1v) is 28.7. The van der Waals surface area contributed by atoms with E-state index in [0.29, 0.717) is 0 Å². The van der Waals surface area contributed by atoms with Crippen LogP contribution in [-0.2, 0) is 4.74 Å². The summed E-state index contributed by atoms with van der Waals surface area (Å²) in [4.78, 5) is 24.4. The number of nitrogens with two attached hydrogens (primary N) is 2. The van der Waals surface area contributed by atoms with Gasteiger partial charge in [-0.05, 0) is 141 Å². The van der Waals surface area contributed by atoms with Crippen LogP contribution < -0.4 is 43.4 Å². The van der Waals surface area contributed by atoms with Gasteiger partial charge < -0.3 is 82.4 Å². The fourth-order valence-electron chi connectivity index (χ4n) is 8.96. The summed E-state index contributed by atoms with van der Waals surface area (Å²) in [5.41, 5.74) is 10.9. The van der Waals surface area contributed by atoms with E-state index in [2.05, 4.69) is 109 Å². The number of likely N-dealkylation sites (N-methyl/N-ethyl adjacent to an activating group) is 5. The van der Waals surface area contributed by atoms with Gasteiger partial charge in [-0.1, -0.05) is 6.42 Å². The molecule has 0 spiro atoms. The van der Waals surface area contributed by atoms with Crippen LogP contribution in [0, 0.1) is 0 Å². The second-order valence-corrected chi connectivity index (χ2v) is 20.5. The number of morpholine rings is 1. The number of nitrogens with one attached hydrogen (secondary N) is 6. The zero-order valence-electron chi connectivity index (χ0n) is 48.1. The normalized spacial score (nSPS) is 22.1. The number of likely N-dealkylation sites (tertiary alicyclic amines) is 1. The summed E-state index contributed by atoms with van der Waals surface area (Å²) >= 11 is 0. The molecule has 7 aliphatic rings. The van der Waals surface area contributed by atoms with Crippen LogP contribution in [0.3, 0.4) is 0 Å². The first-order valence-electron chi connectivity index (χ1n) is 28.7. The number of piperidine rings is 1. The first kappa shape index (κ1) is 68.3. The Balaban J connectivity index is 0.000000419. The van der Waals surface area contributed by atoms with E-state index in [1.54, 1.807) is 0 Å². The highest BCUT2D eigenvalue weighted by Gasteiger charge is 2.16. The summed E-state index contributed by atoms with van der Waals surface area (Å²) < 4.78 is 5.22. The molecule has 19 nitrogen and oxygen atoms in total. The van der Waals surface area contributed by atoms with E-state index >= 15 is 0 Å². The van der Waals surface area contributed by atoms with Crippen molar-refractivity contribution in [2.75, 3.05) is 305 Å². The van der Waals surface area contributed by atoms with Crippen LogP contribution in [0.25, 0.3) is 0 Å². The van der Waals surface area contributed by atoms with Gasteiger partial charge in [0, 0.05) is 183 Å². The Morgan fingerprint density at radius 2 is 0.662 bits per heavy atom. The molecule has 0 atom stereocenters. The van der Waals surface area contributed by atoms with Crippen molar-refractivity contribution in [3.8, 4) is 0 Å². The molecule has 7 rings (SSSR count). The summed E-state index contributed by atoms with van der Waals surface area (Å²) in [5.74, 6) is 0. The standard InChI is InChI=1S/C11H26N4.C8H19N3.2C7H17N3.C7H16N2O.C6H14N2.C6H13N/c1-13-5-3-7-15-10-8-14(9-11-15)6-2-4-12;1-9-3-2-6-11-7-4-10-5-8-11;1-8-2-5-10-6-3-9-4-7-10;1-9-4-6-10(3-2-8)7-5-9;1-8-2-3-9-4-6-10-7-5-9;1-7-3-5-8(2)6-4-7;1-7-5-3-2-4-6-7/h13H,2-12H2,1H3;9-10H,2-8H2,1H3;8-9H,2-7H2,1H3;2-8H2,1H3;8H,2-7H2,1H3;3-6H2,1-2H3;2-6H2,1H3. The van der Waals surface area contributed by atoms with Crippen molar-refractivity contribution in [3.63, 3.8) is 0 Å². The Morgan fingerprint density at radius 1 is 0.338 bits per heavy atom. The minimum atomic E-state index is 0.795. The minimum Gasteiger partial charge on any atom is -0.379 e. The quantitative estimate of drug-likeness (QED) is 0.0662. The lowest BCUT2D eigenvalue weighted by Crippen LogP contribution is -2.47. The van der Waals surface area contributed by atoms with Crippen molar-refractivity contribution in [2.45, 2.75) is 38.5 Å². The second-order valence-electron chi connectivity index (χ2n) is 20.5. The molecule has 426 valence electrons. The van der Waals surface area contributed by atoms with Crippen LogP contribution in [0.2, 0.25) is 0 Å². The molecule has 7 fully saturated rings. The fourth-order valence-corrected chi connectivity index (χ4v) is 8.96. The average Bonchev–Trinajstić information content (AvgIpc) is 3.41. The number of hydrogen-bond donors (Lipinski definition) is 8. The summed E-state index contributed by atoms with van der Waals surface area (Å²) in [7, 11) is 16.7. The van der Waals surface area contributed by atoms with Gasteiger partial charge in [-0.15, -0.1) is 0 Å². The zero-order valence-corrected chi connectivity index (χ0v) is 48.1. The smallest absolute Gasteiger partial charge is 0.0594 e. The number of hydrogen-bond acceptors (Lipinski definition) is 19. The lowest BCUT2D eigenvalue weighted by atomic mass is 10.1. The highest BCUT2D eigenvalue weighted by Crippen LogP contribution is 2.05. The van der Waals surface area contributed by atoms with E-state index in [4.69, 9.17) is 16.2 Å². The zero-order chi connectivity index (χ0) is 51.8. The van der Waals surface area contributed by atoms with Gasteiger partial charge in [0.25, 0.3) is 0 Å². The van der Waals surface area contributed by atoms with E-state index < -0.39 is 0 Å². The van der Waals surface area contributed by atoms with Crippen molar-refractivity contribution < 1.29 is 4.74 Å². The fraction of sp³-hybridized carbons (Fsp3) is 1.00. The van der Waals surface area contributed by atoms with Crippen LogP contribution in [0.4, 0.5) is 0 Å². The van der Waals surface area contributed by atoms with Crippen molar-refractivity contribution >= 4 is 0 Å². The molecule has 19 heteroatoms. The van der Waals surface area contributed by atoms with E-state index in [0.717, 1.165) is 98.2 Å². The lowest BCUT2D eigenvalue weighted by molar-refractivity contribution is 0.0386. The minimum absolute atomic E-state index is 0.795. The maximum absolute atomic E-state index is 5.51. The predicted molar refractivity (Wildman–Crippen MR) is 307 cm³/mol. The third kappa shape index (κ3) is 42.1. The molecular formula is C52H122N18O. The van der Waals surface area contributed by atoms with E-state index in [-0.39, 0.29) is 0 Å². The molecule has 0 unspecified atom stereocenters. The van der Waals surface area contributed by atoms with Gasteiger partial charge >= 0.3 is 0 Å². The molecule has 0 bridgehead atoms. The molecular weight excluding hydrogens is 893 g/mol. The highest BCUT2D eigenvalue weighted by atomic mass is 16.5. The highest BCUT2D eigenvalue weighted by molar-refractivity contribution is 4.73. The molecule has 0 saturated carbocycles. The first-order chi connectivity index (χ1) is 34.7. The topological polar surface area (TPSA) is 166 Å². The Morgan fingerprint density at radius 3 is 1.03 bits per heavy atom. The molecule has 0 radical (unpaired) electrons. The number of ether oxygens (including phenoxy) is 1. The van der Waals surface area contributed by atoms with E-state index in [1.807, 2.05) is 28.2 Å². The van der Waals surface area contributed by atoms with Gasteiger partial charge in [0.15, 0.2) is 0 Å². The molecule has 7 aliphatic heterocycles. The van der Waals surface area contributed by atoms with Gasteiger partial charge in [0.05, 0.1) is 13.2 Å². The molecule has 0 aromatic carbocycles. The predicted octanol–water partition coefficient (Wildman–Crippen LogP) is -2.13. The summed E-state index contributed by atoms with van der Waals surface area (Å²) in [5, 5.41) is 19.3. The van der Waals surface area contributed by atoms with Gasteiger partial charge in [0.1, 0.15) is 0 Å². The molecule has 0 aromatic heterocycles. The third-order valence-electron chi connectivity index (χ3n) is 14.2. The average molecular weight is 1020 g/mol. The summed E-state index contributed by atoms with van der Waals surface area (Å²) in [6, 6.07) is 0. The summed E-state index contributed by atoms with van der Waals surface area (Å²) in [6.07, 6.45) is 7.95. The van der Waals surface area contributed by atoms with Crippen LogP contribution in [0.5, 0.6) is 0 Å². The Bertz CT molecular complexity index is 1010. The van der Waals surface area contributed by atoms with Crippen LogP contribution in [0.15, 0.2) is 0 Å². The van der Waals surface area contributed by atoms with Crippen molar-refractivity contribution in [2.24, 2.45) is 11.5 Å². The van der Waals surface area contributed by atoms with E-state index in [1.165, 1.54) is 189 Å². The third-order valence-corrected chi connectivity index (χ3v) is 14.2. The lowest BCUT2D eigenvalue weighted by Gasteiger charge is -2.34. The SMILES string of the molecule is CN1CCCCC1.CN1CCN(C)CC1.CN1CCN(CCN)CC1.CNCCCN1CCN(CCCN)CC1.CNCCCN1CCNCC1.CNCCN1CCNCC1.CNCCN1CCOCC1. The number of nitrogens with zero attached hydrogens (tertiary/aromatic N) is 10.